The van der Waals surface area contributed by atoms with E-state index in [0.29, 0.717) is 0 Å². The molecular weight excluding hydrogens is 224 g/mol. The van der Waals surface area contributed by atoms with Crippen LogP contribution in [0.1, 0.15) is 5.69 Å². The molecule has 0 atom stereocenters. The number of hydrogen-bond donors (Lipinski definition) is 1. The topological polar surface area (TPSA) is 54.5 Å². The molecule has 18 heavy (non-hydrogen) atoms. The van der Waals surface area contributed by atoms with Crippen LogP contribution in [0.3, 0.4) is 0 Å². The molecule has 0 fully saturated rings. The molecule has 0 saturated heterocycles. The first-order chi connectivity index (χ1) is 8.84. The van der Waals surface area contributed by atoms with Gasteiger partial charge in [-0.2, -0.15) is 0 Å². The monoisotopic (exact) mass is 234 g/mol. The third kappa shape index (κ3) is 1.12. The molecule has 4 rings (SSSR count). The summed E-state index contributed by atoms with van der Waals surface area (Å²) in [4.78, 5) is 16.5. The molecule has 0 unspecified atom stereocenters. The molecule has 0 amide bonds. The third-order valence-corrected chi connectivity index (χ3v) is 3.31. The molecular formula is C14H10N4. The Bertz CT molecular complexity index is 892. The molecule has 0 aliphatic rings. The minimum absolute atomic E-state index is 0.769. The number of benzene rings is 1. The van der Waals surface area contributed by atoms with Crippen LogP contribution in [0.5, 0.6) is 0 Å². The summed E-state index contributed by atoms with van der Waals surface area (Å²) in [5.41, 5.74) is 3.77. The van der Waals surface area contributed by atoms with Crippen molar-refractivity contribution in [3.8, 4) is 0 Å². The molecule has 3 heterocycles. The van der Waals surface area contributed by atoms with E-state index in [1.54, 1.807) is 6.33 Å². The predicted octanol–water partition coefficient (Wildman–Crippen LogP) is 2.97. The molecule has 4 aromatic rings. The second-order valence-corrected chi connectivity index (χ2v) is 4.36. The first kappa shape index (κ1) is 9.53. The highest BCUT2D eigenvalue weighted by Crippen LogP contribution is 2.28. The Balaban J connectivity index is 2.48. The molecule has 0 aliphatic carbocycles. The Kier molecular flexibility index (Phi) is 1.73. The normalized spacial score (nSPS) is 11.6. The minimum atomic E-state index is 0.769. The summed E-state index contributed by atoms with van der Waals surface area (Å²) < 4.78 is 0. The number of hydrogen-bond acceptors (Lipinski definition) is 3. The van der Waals surface area contributed by atoms with Crippen LogP contribution in [0, 0.1) is 6.92 Å². The highest BCUT2D eigenvalue weighted by Gasteiger charge is 2.10. The summed E-state index contributed by atoms with van der Waals surface area (Å²) in [7, 11) is 0. The number of rotatable bonds is 0. The maximum absolute atomic E-state index is 4.68. The molecule has 86 valence electrons. The van der Waals surface area contributed by atoms with Crippen molar-refractivity contribution >= 4 is 32.8 Å². The fourth-order valence-corrected chi connectivity index (χ4v) is 2.46. The van der Waals surface area contributed by atoms with Crippen LogP contribution >= 0.6 is 0 Å². The molecule has 0 radical (unpaired) electrons. The van der Waals surface area contributed by atoms with Gasteiger partial charge >= 0.3 is 0 Å². The Morgan fingerprint density at radius 3 is 2.89 bits per heavy atom. The van der Waals surface area contributed by atoms with Crippen molar-refractivity contribution in [2.24, 2.45) is 0 Å². The van der Waals surface area contributed by atoms with E-state index in [-0.39, 0.29) is 0 Å². The molecule has 3 aromatic heterocycles. The van der Waals surface area contributed by atoms with Gasteiger partial charge in [0.2, 0.25) is 0 Å². The Morgan fingerprint density at radius 2 is 1.94 bits per heavy atom. The average molecular weight is 234 g/mol. The van der Waals surface area contributed by atoms with Crippen LogP contribution in [0.4, 0.5) is 0 Å². The van der Waals surface area contributed by atoms with Crippen LogP contribution in [0.2, 0.25) is 0 Å². The number of aromatic nitrogens is 4. The van der Waals surface area contributed by atoms with Gasteiger partial charge < -0.3 is 4.98 Å². The summed E-state index contributed by atoms with van der Waals surface area (Å²) in [6.45, 7) is 2.01. The lowest BCUT2D eigenvalue weighted by Crippen LogP contribution is -1.81. The van der Waals surface area contributed by atoms with Crippen LogP contribution in [-0.2, 0) is 0 Å². The van der Waals surface area contributed by atoms with Gasteiger partial charge in [-0.25, -0.2) is 9.97 Å². The third-order valence-electron chi connectivity index (χ3n) is 3.31. The van der Waals surface area contributed by atoms with Gasteiger partial charge in [0.1, 0.15) is 0 Å². The molecule has 0 saturated carbocycles. The first-order valence-electron chi connectivity index (χ1n) is 5.82. The predicted molar refractivity (Wildman–Crippen MR) is 71.4 cm³/mol. The van der Waals surface area contributed by atoms with Gasteiger partial charge in [-0.3, -0.25) is 4.98 Å². The largest absolute Gasteiger partial charge is 0.345 e. The van der Waals surface area contributed by atoms with Gasteiger partial charge in [0.25, 0.3) is 0 Å². The number of aryl methyl sites for hydroxylation is 1. The second-order valence-electron chi connectivity index (χ2n) is 4.36. The van der Waals surface area contributed by atoms with E-state index in [4.69, 9.17) is 0 Å². The van der Waals surface area contributed by atoms with Crippen molar-refractivity contribution in [1.29, 1.82) is 0 Å². The van der Waals surface area contributed by atoms with Crippen molar-refractivity contribution in [2.45, 2.75) is 6.92 Å². The van der Waals surface area contributed by atoms with Gasteiger partial charge in [-0.15, -0.1) is 0 Å². The summed E-state index contributed by atoms with van der Waals surface area (Å²) >= 11 is 0. The van der Waals surface area contributed by atoms with Crippen molar-refractivity contribution in [2.75, 3.05) is 0 Å². The summed E-state index contributed by atoms with van der Waals surface area (Å²) in [5.74, 6) is 0. The Morgan fingerprint density at radius 1 is 1.06 bits per heavy atom. The smallest absolute Gasteiger partial charge is 0.163 e. The zero-order valence-corrected chi connectivity index (χ0v) is 9.81. The number of fused-ring (bicyclic) bond motifs is 2. The maximum atomic E-state index is 4.68. The lowest BCUT2D eigenvalue weighted by atomic mass is 10.1. The zero-order valence-electron chi connectivity index (χ0n) is 9.81. The van der Waals surface area contributed by atoms with Crippen molar-refractivity contribution in [3.05, 3.63) is 42.5 Å². The van der Waals surface area contributed by atoms with Gasteiger partial charge in [-0.1, -0.05) is 18.2 Å². The average Bonchev–Trinajstić information content (AvgIpc) is 2.78. The summed E-state index contributed by atoms with van der Waals surface area (Å²) in [6, 6.07) is 8.12. The van der Waals surface area contributed by atoms with Crippen LogP contribution in [-0.4, -0.2) is 19.9 Å². The standard InChI is InChI=1S/C14H10N4/c1-8-10-6-15-14-12(10)13(16-7-17-14)9-4-2-3-5-11(9)18-8/h2-7H,1H3,(H,15,16,17). The molecule has 0 bridgehead atoms. The van der Waals surface area contributed by atoms with Crippen LogP contribution in [0.15, 0.2) is 36.8 Å². The Labute approximate surface area is 103 Å². The van der Waals surface area contributed by atoms with E-state index >= 15 is 0 Å². The first-order valence-corrected chi connectivity index (χ1v) is 5.82. The zero-order chi connectivity index (χ0) is 12.1. The number of nitrogens with one attached hydrogen (secondary N) is 1. The van der Waals surface area contributed by atoms with Gasteiger partial charge in [0.15, 0.2) is 5.65 Å². The fraction of sp³-hybridized carbons (Fsp3) is 0.0714. The van der Waals surface area contributed by atoms with Gasteiger partial charge in [0.05, 0.1) is 22.7 Å². The molecule has 4 heteroatoms. The molecule has 1 aromatic carbocycles. The van der Waals surface area contributed by atoms with Crippen molar-refractivity contribution < 1.29 is 0 Å². The minimum Gasteiger partial charge on any atom is -0.345 e. The highest BCUT2D eigenvalue weighted by molar-refractivity contribution is 6.15. The lowest BCUT2D eigenvalue weighted by molar-refractivity contribution is 1.23. The van der Waals surface area contributed by atoms with Crippen LogP contribution < -0.4 is 0 Å². The van der Waals surface area contributed by atoms with E-state index in [1.165, 1.54) is 0 Å². The van der Waals surface area contributed by atoms with Crippen molar-refractivity contribution in [1.82, 2.24) is 19.9 Å². The van der Waals surface area contributed by atoms with E-state index in [1.807, 2.05) is 31.3 Å². The number of nitrogens with zero attached hydrogens (tertiary/aromatic N) is 3. The van der Waals surface area contributed by atoms with E-state index in [2.05, 4.69) is 26.0 Å². The SMILES string of the molecule is Cc1nc2ccccc2c2[nH]cnc3ncc1c32. The quantitative estimate of drug-likeness (QED) is 0.509. The van der Waals surface area contributed by atoms with Gasteiger partial charge in [0, 0.05) is 22.7 Å². The Hall–Kier alpha value is -2.49. The van der Waals surface area contributed by atoms with E-state index < -0.39 is 0 Å². The molecule has 1 N–H and O–H groups in total. The maximum Gasteiger partial charge on any atom is 0.163 e. The van der Waals surface area contributed by atoms with Crippen molar-refractivity contribution in [3.63, 3.8) is 0 Å². The molecule has 0 spiro atoms. The van der Waals surface area contributed by atoms with E-state index in [9.17, 15) is 0 Å². The van der Waals surface area contributed by atoms with Gasteiger partial charge in [-0.05, 0) is 13.0 Å². The number of H-pyrrole nitrogens is 1. The highest BCUT2D eigenvalue weighted by atomic mass is 14.9. The van der Waals surface area contributed by atoms with Crippen LogP contribution in [0.25, 0.3) is 32.8 Å². The molecule has 4 nitrogen and oxygen atoms in total. The fourth-order valence-electron chi connectivity index (χ4n) is 2.46. The lowest BCUT2D eigenvalue weighted by Gasteiger charge is -1.96. The van der Waals surface area contributed by atoms with E-state index in [0.717, 1.165) is 38.5 Å². The second kappa shape index (κ2) is 3.26. The number of aromatic amines is 1. The summed E-state index contributed by atoms with van der Waals surface area (Å²) in [5, 5.41) is 3.21. The molecule has 0 aliphatic heterocycles. The summed E-state index contributed by atoms with van der Waals surface area (Å²) in [6.07, 6.45) is 3.53. The number of para-hydroxylation sites is 1.